The van der Waals surface area contributed by atoms with E-state index in [0.29, 0.717) is 18.6 Å². The van der Waals surface area contributed by atoms with Gasteiger partial charge in [0.1, 0.15) is 0 Å². The number of nitrogens with one attached hydrogen (secondary N) is 1. The maximum atomic E-state index is 12.0. The third-order valence-electron chi connectivity index (χ3n) is 2.75. The van der Waals surface area contributed by atoms with Gasteiger partial charge in [-0.3, -0.25) is 9.59 Å². The summed E-state index contributed by atoms with van der Waals surface area (Å²) in [5.74, 6) is -1.17. The number of amides is 1. The van der Waals surface area contributed by atoms with Crippen LogP contribution in [0.4, 0.5) is 0 Å². The van der Waals surface area contributed by atoms with Gasteiger partial charge in [-0.05, 0) is 24.1 Å². The van der Waals surface area contributed by atoms with Crippen LogP contribution in [0, 0.1) is 0 Å². The molecule has 104 valence electrons. The van der Waals surface area contributed by atoms with Crippen molar-refractivity contribution in [1.82, 2.24) is 5.32 Å². The lowest BCUT2D eigenvalue weighted by Crippen LogP contribution is -2.36. The van der Waals surface area contributed by atoms with Crippen LogP contribution < -0.4 is 5.32 Å². The number of rotatable bonds is 7. The van der Waals surface area contributed by atoms with Gasteiger partial charge >= 0.3 is 5.97 Å². The van der Waals surface area contributed by atoms with Crippen LogP contribution in [-0.2, 0) is 16.1 Å². The second-order valence-corrected chi connectivity index (χ2v) is 4.31. The number of carboxylic acids is 1. The molecule has 19 heavy (non-hydrogen) atoms. The van der Waals surface area contributed by atoms with Crippen molar-refractivity contribution in [3.05, 3.63) is 35.4 Å². The molecule has 1 amide bonds. The zero-order valence-electron chi connectivity index (χ0n) is 11.2. The predicted octanol–water partition coefficient (Wildman–Crippen LogP) is 1.82. The summed E-state index contributed by atoms with van der Waals surface area (Å²) in [6, 6.07) is 6.74. The molecule has 0 aliphatic rings. The molecule has 5 nitrogen and oxygen atoms in total. The first kappa shape index (κ1) is 15.2. The third kappa shape index (κ3) is 5.09. The molecule has 0 heterocycles. The molecule has 0 spiro atoms. The van der Waals surface area contributed by atoms with Crippen molar-refractivity contribution in [1.29, 1.82) is 0 Å². The van der Waals surface area contributed by atoms with Gasteiger partial charge in [0.2, 0.25) is 0 Å². The Morgan fingerprint density at radius 2 is 2.16 bits per heavy atom. The van der Waals surface area contributed by atoms with Crippen LogP contribution in [0.5, 0.6) is 0 Å². The van der Waals surface area contributed by atoms with Crippen molar-refractivity contribution < 1.29 is 19.4 Å². The molecule has 0 aliphatic heterocycles. The van der Waals surface area contributed by atoms with E-state index in [1.165, 1.54) is 0 Å². The van der Waals surface area contributed by atoms with Crippen molar-refractivity contribution >= 4 is 11.9 Å². The number of hydrogen-bond donors (Lipinski definition) is 2. The number of carboxylic acid groups (broad SMARTS) is 1. The van der Waals surface area contributed by atoms with Crippen LogP contribution in [0.1, 0.15) is 35.7 Å². The Bertz CT molecular complexity index is 445. The molecule has 0 bridgehead atoms. The number of hydrogen-bond acceptors (Lipinski definition) is 3. The van der Waals surface area contributed by atoms with E-state index < -0.39 is 5.97 Å². The molecule has 1 aromatic rings. The van der Waals surface area contributed by atoms with Crippen LogP contribution in [0.3, 0.4) is 0 Å². The molecule has 1 rings (SSSR count). The summed E-state index contributed by atoms with van der Waals surface area (Å²) < 4.78 is 5.01. The molecule has 1 atom stereocenters. The first-order valence-electron chi connectivity index (χ1n) is 6.17. The molecule has 0 aromatic heterocycles. The Labute approximate surface area is 112 Å². The van der Waals surface area contributed by atoms with Gasteiger partial charge in [-0.15, -0.1) is 0 Å². The van der Waals surface area contributed by atoms with Gasteiger partial charge in [0.25, 0.3) is 5.91 Å². The van der Waals surface area contributed by atoms with E-state index in [2.05, 4.69) is 5.32 Å². The van der Waals surface area contributed by atoms with E-state index in [4.69, 9.17) is 9.84 Å². The smallest absolute Gasteiger partial charge is 0.305 e. The van der Waals surface area contributed by atoms with Gasteiger partial charge in [-0.1, -0.05) is 19.1 Å². The van der Waals surface area contributed by atoms with Crippen molar-refractivity contribution in [2.24, 2.45) is 0 Å². The Balaban J connectivity index is 2.71. The van der Waals surface area contributed by atoms with Crippen LogP contribution >= 0.6 is 0 Å². The Kier molecular flexibility index (Phi) is 6.02. The number of benzene rings is 1. The number of carbonyl (C=O) groups excluding carboxylic acids is 1. The minimum absolute atomic E-state index is 0.0694. The molecule has 0 saturated heterocycles. The summed E-state index contributed by atoms with van der Waals surface area (Å²) in [5, 5.41) is 11.5. The topological polar surface area (TPSA) is 75.6 Å². The molecule has 1 unspecified atom stereocenters. The Morgan fingerprint density at radius 3 is 2.74 bits per heavy atom. The lowest BCUT2D eigenvalue weighted by Gasteiger charge is -2.15. The second kappa shape index (κ2) is 7.53. The molecule has 1 aromatic carbocycles. The average Bonchev–Trinajstić information content (AvgIpc) is 2.38. The highest BCUT2D eigenvalue weighted by molar-refractivity contribution is 5.94. The third-order valence-corrected chi connectivity index (χ3v) is 2.75. The summed E-state index contributed by atoms with van der Waals surface area (Å²) in [7, 11) is 1.59. The van der Waals surface area contributed by atoms with Gasteiger partial charge < -0.3 is 15.2 Å². The lowest BCUT2D eigenvalue weighted by molar-refractivity contribution is -0.137. The quantitative estimate of drug-likeness (QED) is 0.788. The highest BCUT2D eigenvalue weighted by atomic mass is 16.5. The van der Waals surface area contributed by atoms with Crippen molar-refractivity contribution in [2.45, 2.75) is 32.4 Å². The first-order chi connectivity index (χ1) is 9.06. The lowest BCUT2D eigenvalue weighted by atomic mass is 10.1. The summed E-state index contributed by atoms with van der Waals surface area (Å²) in [6.45, 7) is 2.28. The van der Waals surface area contributed by atoms with E-state index in [9.17, 15) is 9.59 Å². The predicted molar refractivity (Wildman–Crippen MR) is 71.0 cm³/mol. The van der Waals surface area contributed by atoms with Crippen LogP contribution in [0.25, 0.3) is 0 Å². The number of aliphatic carboxylic acids is 1. The monoisotopic (exact) mass is 265 g/mol. The van der Waals surface area contributed by atoms with E-state index in [1.54, 1.807) is 25.3 Å². The zero-order chi connectivity index (χ0) is 14.3. The summed E-state index contributed by atoms with van der Waals surface area (Å²) in [6.07, 6.45) is 0.510. The zero-order valence-corrected chi connectivity index (χ0v) is 11.2. The fourth-order valence-corrected chi connectivity index (χ4v) is 1.75. The van der Waals surface area contributed by atoms with Gasteiger partial charge in [0.15, 0.2) is 0 Å². The normalized spacial score (nSPS) is 11.9. The van der Waals surface area contributed by atoms with Gasteiger partial charge in [-0.25, -0.2) is 0 Å². The van der Waals surface area contributed by atoms with Crippen LogP contribution in [0.2, 0.25) is 0 Å². The van der Waals surface area contributed by atoms with Gasteiger partial charge in [-0.2, -0.15) is 0 Å². The fraction of sp³-hybridized carbons (Fsp3) is 0.429. The van der Waals surface area contributed by atoms with Gasteiger partial charge in [0, 0.05) is 18.7 Å². The Hall–Kier alpha value is -1.88. The molecule has 5 heteroatoms. The van der Waals surface area contributed by atoms with Crippen molar-refractivity contribution in [2.75, 3.05) is 7.11 Å². The minimum Gasteiger partial charge on any atom is -0.481 e. The number of carbonyl (C=O) groups is 2. The fourth-order valence-electron chi connectivity index (χ4n) is 1.75. The summed E-state index contributed by atoms with van der Waals surface area (Å²) in [4.78, 5) is 22.7. The number of methoxy groups -OCH3 is 1. The van der Waals surface area contributed by atoms with E-state index in [-0.39, 0.29) is 18.4 Å². The highest BCUT2D eigenvalue weighted by Gasteiger charge is 2.15. The minimum atomic E-state index is -0.916. The standard InChI is InChI=1S/C14H19NO4/c1-3-12(8-13(16)17)15-14(18)11-6-4-5-10(7-11)9-19-2/h4-7,12H,3,8-9H2,1-2H3,(H,15,18)(H,16,17). The molecule has 0 aliphatic carbocycles. The Morgan fingerprint density at radius 1 is 1.42 bits per heavy atom. The first-order valence-corrected chi connectivity index (χ1v) is 6.17. The molecular formula is C14H19NO4. The number of ether oxygens (including phenoxy) is 1. The molecule has 0 saturated carbocycles. The molecule has 0 fully saturated rings. The van der Waals surface area contributed by atoms with E-state index in [1.807, 2.05) is 13.0 Å². The average molecular weight is 265 g/mol. The summed E-state index contributed by atoms with van der Waals surface area (Å²) >= 11 is 0. The molecule has 0 radical (unpaired) electrons. The van der Waals surface area contributed by atoms with Crippen molar-refractivity contribution in [3.8, 4) is 0 Å². The highest BCUT2D eigenvalue weighted by Crippen LogP contribution is 2.08. The van der Waals surface area contributed by atoms with Crippen LogP contribution in [0.15, 0.2) is 24.3 Å². The molecular weight excluding hydrogens is 246 g/mol. The molecule has 2 N–H and O–H groups in total. The second-order valence-electron chi connectivity index (χ2n) is 4.31. The summed E-state index contributed by atoms with van der Waals surface area (Å²) in [5.41, 5.74) is 1.42. The van der Waals surface area contributed by atoms with E-state index in [0.717, 1.165) is 5.56 Å². The largest absolute Gasteiger partial charge is 0.481 e. The maximum absolute atomic E-state index is 12.0. The van der Waals surface area contributed by atoms with Crippen molar-refractivity contribution in [3.63, 3.8) is 0 Å². The SMILES string of the molecule is CCC(CC(=O)O)NC(=O)c1cccc(COC)c1. The van der Waals surface area contributed by atoms with E-state index >= 15 is 0 Å². The van der Waals surface area contributed by atoms with Gasteiger partial charge in [0.05, 0.1) is 13.0 Å². The van der Waals surface area contributed by atoms with Crippen LogP contribution in [-0.4, -0.2) is 30.1 Å². The maximum Gasteiger partial charge on any atom is 0.305 e.